The zero-order valence-corrected chi connectivity index (χ0v) is 7.21. The van der Waals surface area contributed by atoms with Gasteiger partial charge in [-0.1, -0.05) is 18.2 Å². The molecule has 0 bridgehead atoms. The Bertz CT molecular complexity index is 408. The first-order valence-corrected chi connectivity index (χ1v) is 4.02. The van der Waals surface area contributed by atoms with Crippen molar-refractivity contribution in [2.45, 2.75) is 0 Å². The number of rotatable bonds is 2. The second-order valence-electron chi connectivity index (χ2n) is 2.58. The van der Waals surface area contributed by atoms with Crippen LogP contribution in [0.15, 0.2) is 47.3 Å². The van der Waals surface area contributed by atoms with Crippen LogP contribution in [0, 0.1) is 0 Å². The van der Waals surface area contributed by atoms with Crippen molar-refractivity contribution in [1.29, 1.82) is 0 Å². The quantitative estimate of drug-likeness (QED) is 0.677. The lowest BCUT2D eigenvalue weighted by atomic mass is 10.2. The second kappa shape index (κ2) is 3.74. The molecule has 0 N–H and O–H groups in total. The van der Waals surface area contributed by atoms with Crippen molar-refractivity contribution >= 4 is 5.97 Å². The topological polar surface area (TPSA) is 52.3 Å². The third-order valence-corrected chi connectivity index (χ3v) is 1.61. The first-order chi connectivity index (χ1) is 6.86. The van der Waals surface area contributed by atoms with E-state index in [2.05, 4.69) is 4.98 Å². The number of aromatic nitrogens is 1. The number of hydrogen-bond acceptors (Lipinski definition) is 4. The van der Waals surface area contributed by atoms with E-state index in [1.165, 1.54) is 12.6 Å². The van der Waals surface area contributed by atoms with Crippen LogP contribution in [0.5, 0.6) is 5.95 Å². The van der Waals surface area contributed by atoms with E-state index in [0.29, 0.717) is 5.56 Å². The van der Waals surface area contributed by atoms with E-state index in [1.54, 1.807) is 24.3 Å². The van der Waals surface area contributed by atoms with Crippen LogP contribution in [0.25, 0.3) is 0 Å². The Kier molecular flexibility index (Phi) is 2.27. The molecule has 0 saturated carbocycles. The molecule has 0 spiro atoms. The maximum atomic E-state index is 11.4. The van der Waals surface area contributed by atoms with Crippen molar-refractivity contribution in [3.63, 3.8) is 0 Å². The van der Waals surface area contributed by atoms with Crippen molar-refractivity contribution in [2.75, 3.05) is 0 Å². The minimum Gasteiger partial charge on any atom is -0.413 e. The Morgan fingerprint density at radius 1 is 1.29 bits per heavy atom. The highest BCUT2D eigenvalue weighted by molar-refractivity contribution is 5.90. The molecule has 0 aliphatic heterocycles. The highest BCUT2D eigenvalue weighted by Crippen LogP contribution is 2.10. The van der Waals surface area contributed by atoms with Gasteiger partial charge >= 0.3 is 11.9 Å². The fraction of sp³-hybridized carbons (Fsp3) is 0. The van der Waals surface area contributed by atoms with Gasteiger partial charge in [-0.05, 0) is 12.1 Å². The number of hydrogen-bond donors (Lipinski definition) is 0. The summed E-state index contributed by atoms with van der Waals surface area (Å²) in [5.41, 5.74) is 0.476. The molecule has 0 amide bonds. The number of benzene rings is 1. The van der Waals surface area contributed by atoms with Crippen LogP contribution in [0.2, 0.25) is 0 Å². The third-order valence-electron chi connectivity index (χ3n) is 1.61. The SMILES string of the molecule is O=C(Oc1cnco1)c1ccccc1. The summed E-state index contributed by atoms with van der Waals surface area (Å²) < 4.78 is 9.64. The molecule has 1 aromatic heterocycles. The average molecular weight is 189 g/mol. The number of carbonyl (C=O) groups excluding carboxylic acids is 1. The molecule has 14 heavy (non-hydrogen) atoms. The fourth-order valence-corrected chi connectivity index (χ4v) is 0.979. The van der Waals surface area contributed by atoms with E-state index in [1.807, 2.05) is 6.07 Å². The Balaban J connectivity index is 2.11. The molecule has 4 heteroatoms. The van der Waals surface area contributed by atoms with E-state index >= 15 is 0 Å². The van der Waals surface area contributed by atoms with Gasteiger partial charge in [-0.3, -0.25) is 0 Å². The molecule has 0 radical (unpaired) electrons. The molecule has 0 aliphatic carbocycles. The molecule has 2 aromatic rings. The minimum absolute atomic E-state index is 0.0962. The molecule has 0 atom stereocenters. The highest BCUT2D eigenvalue weighted by Gasteiger charge is 2.08. The summed E-state index contributed by atoms with van der Waals surface area (Å²) in [5.74, 6) is -0.360. The molecule has 1 heterocycles. The van der Waals surface area contributed by atoms with E-state index in [9.17, 15) is 4.79 Å². The molecule has 2 rings (SSSR count). The van der Waals surface area contributed by atoms with Crippen LogP contribution in [-0.4, -0.2) is 11.0 Å². The lowest BCUT2D eigenvalue weighted by Crippen LogP contribution is -2.07. The van der Waals surface area contributed by atoms with Crippen LogP contribution < -0.4 is 4.74 Å². The van der Waals surface area contributed by atoms with Crippen LogP contribution in [0.1, 0.15) is 10.4 Å². The minimum atomic E-state index is -0.456. The molecular weight excluding hydrogens is 182 g/mol. The van der Waals surface area contributed by atoms with Crippen molar-refractivity contribution in [3.05, 3.63) is 48.5 Å². The molecule has 70 valence electrons. The first-order valence-electron chi connectivity index (χ1n) is 4.02. The predicted molar refractivity (Wildman–Crippen MR) is 47.9 cm³/mol. The smallest absolute Gasteiger partial charge is 0.345 e. The highest BCUT2D eigenvalue weighted by atomic mass is 16.6. The maximum absolute atomic E-state index is 11.4. The molecule has 0 unspecified atom stereocenters. The first kappa shape index (κ1) is 8.50. The molecular formula is C10H7NO3. The van der Waals surface area contributed by atoms with Crippen LogP contribution in [0.3, 0.4) is 0 Å². The second-order valence-corrected chi connectivity index (χ2v) is 2.58. The Morgan fingerprint density at radius 2 is 2.07 bits per heavy atom. The maximum Gasteiger partial charge on any atom is 0.345 e. The number of oxazole rings is 1. The van der Waals surface area contributed by atoms with Gasteiger partial charge in [-0.25, -0.2) is 9.78 Å². The van der Waals surface area contributed by atoms with Gasteiger partial charge in [0.25, 0.3) is 0 Å². The van der Waals surface area contributed by atoms with Gasteiger partial charge in [0.15, 0.2) is 6.39 Å². The van der Waals surface area contributed by atoms with Gasteiger partial charge in [0.1, 0.15) is 6.20 Å². The number of ether oxygens (including phenoxy) is 1. The molecule has 1 aromatic carbocycles. The van der Waals surface area contributed by atoms with Gasteiger partial charge in [-0.15, -0.1) is 0 Å². The molecule has 4 nitrogen and oxygen atoms in total. The zero-order chi connectivity index (χ0) is 9.80. The summed E-state index contributed by atoms with van der Waals surface area (Å²) in [5, 5.41) is 0. The van der Waals surface area contributed by atoms with E-state index in [0.717, 1.165) is 0 Å². The summed E-state index contributed by atoms with van der Waals surface area (Å²) in [6, 6.07) is 8.68. The standard InChI is InChI=1S/C10H7NO3/c12-10(8-4-2-1-3-5-8)14-9-6-11-7-13-9/h1-7H. The number of carbonyl (C=O) groups is 1. The lowest BCUT2D eigenvalue weighted by molar-refractivity contribution is 0.0694. The van der Waals surface area contributed by atoms with Gasteiger partial charge in [-0.2, -0.15) is 0 Å². The summed E-state index contributed by atoms with van der Waals surface area (Å²) in [7, 11) is 0. The van der Waals surface area contributed by atoms with E-state index in [-0.39, 0.29) is 5.95 Å². The van der Waals surface area contributed by atoms with Crippen molar-refractivity contribution < 1.29 is 13.9 Å². The summed E-state index contributed by atoms with van der Waals surface area (Å²) in [4.78, 5) is 15.0. The molecule has 0 fully saturated rings. The Labute approximate surface area is 80.1 Å². The van der Waals surface area contributed by atoms with Gasteiger partial charge in [0.05, 0.1) is 5.56 Å². The van der Waals surface area contributed by atoms with Crippen LogP contribution >= 0.6 is 0 Å². The van der Waals surface area contributed by atoms with Crippen molar-refractivity contribution in [3.8, 4) is 5.95 Å². The Morgan fingerprint density at radius 3 is 2.71 bits per heavy atom. The number of esters is 1. The largest absolute Gasteiger partial charge is 0.413 e. The summed E-state index contributed by atoms with van der Waals surface area (Å²) >= 11 is 0. The summed E-state index contributed by atoms with van der Waals surface area (Å²) in [6.45, 7) is 0. The monoisotopic (exact) mass is 189 g/mol. The van der Waals surface area contributed by atoms with Gasteiger partial charge in [0, 0.05) is 0 Å². The predicted octanol–water partition coefficient (Wildman–Crippen LogP) is 1.89. The van der Waals surface area contributed by atoms with Gasteiger partial charge in [0.2, 0.25) is 0 Å². The van der Waals surface area contributed by atoms with Crippen LogP contribution in [0.4, 0.5) is 0 Å². The Hall–Kier alpha value is -2.10. The zero-order valence-electron chi connectivity index (χ0n) is 7.21. The van der Waals surface area contributed by atoms with Gasteiger partial charge < -0.3 is 9.15 Å². The summed E-state index contributed by atoms with van der Waals surface area (Å²) in [6.07, 6.45) is 2.54. The van der Waals surface area contributed by atoms with Crippen molar-refractivity contribution in [2.24, 2.45) is 0 Å². The molecule has 0 aliphatic rings. The number of nitrogens with zero attached hydrogens (tertiary/aromatic N) is 1. The fourth-order valence-electron chi connectivity index (χ4n) is 0.979. The van der Waals surface area contributed by atoms with E-state index in [4.69, 9.17) is 9.15 Å². The van der Waals surface area contributed by atoms with Crippen molar-refractivity contribution in [1.82, 2.24) is 4.98 Å². The van der Waals surface area contributed by atoms with Crippen LogP contribution in [-0.2, 0) is 0 Å². The average Bonchev–Trinajstić information content (AvgIpc) is 2.72. The van der Waals surface area contributed by atoms with E-state index < -0.39 is 5.97 Å². The normalized spacial score (nSPS) is 9.71. The third kappa shape index (κ3) is 1.80. The molecule has 0 saturated heterocycles. The lowest BCUT2D eigenvalue weighted by Gasteiger charge is -1.98.